The molecule has 0 bridgehead atoms. The zero-order valence-corrected chi connectivity index (χ0v) is 18.7. The van der Waals surface area contributed by atoms with Crippen LogP contribution in [0.2, 0.25) is 11.1 Å². The van der Waals surface area contributed by atoms with Gasteiger partial charge in [0.2, 0.25) is 6.61 Å². The van der Waals surface area contributed by atoms with Crippen molar-refractivity contribution in [2.24, 2.45) is 0 Å². The average molecular weight is 459 g/mol. The molecule has 2 rings (SSSR count). The van der Waals surface area contributed by atoms with E-state index in [1.807, 2.05) is 0 Å². The van der Waals surface area contributed by atoms with E-state index in [1.165, 1.54) is 16.4 Å². The van der Waals surface area contributed by atoms with Gasteiger partial charge in [-0.05, 0) is 39.3 Å². The summed E-state index contributed by atoms with van der Waals surface area (Å²) in [5.41, 5.74) is -0.786. The molecule has 11 heteroatoms. The lowest BCUT2D eigenvalue weighted by Crippen LogP contribution is -2.58. The van der Waals surface area contributed by atoms with Gasteiger partial charge in [-0.2, -0.15) is 0 Å². The molecule has 0 saturated carbocycles. The number of rotatable bonds is 5. The molecule has 1 atom stereocenters. The molecule has 0 unspecified atom stereocenters. The Balaban J connectivity index is 2.03. The molecule has 0 spiro atoms. The number of carboxylic acids is 1. The third-order valence-electron chi connectivity index (χ3n) is 4.28. The molecule has 1 N–H and O–H groups in total. The van der Waals surface area contributed by atoms with Crippen molar-refractivity contribution in [2.45, 2.75) is 44.9 Å². The Labute approximate surface area is 180 Å². The van der Waals surface area contributed by atoms with Crippen LogP contribution in [0.4, 0.5) is 9.18 Å². The summed E-state index contributed by atoms with van der Waals surface area (Å²) in [6.07, 6.45) is -0.502. The second-order valence-corrected chi connectivity index (χ2v) is 10.6. The van der Waals surface area contributed by atoms with E-state index < -0.39 is 44.4 Å². The highest BCUT2D eigenvalue weighted by atomic mass is 35.5. The van der Waals surface area contributed by atoms with Crippen LogP contribution in [-0.4, -0.2) is 72.3 Å². The van der Waals surface area contributed by atoms with Gasteiger partial charge in [-0.3, -0.25) is 4.90 Å². The molecule has 1 fully saturated rings. The van der Waals surface area contributed by atoms with Crippen molar-refractivity contribution >= 4 is 45.2 Å². The van der Waals surface area contributed by atoms with E-state index in [2.05, 4.69) is 6.72 Å². The van der Waals surface area contributed by atoms with Crippen LogP contribution in [0.1, 0.15) is 27.2 Å². The van der Waals surface area contributed by atoms with Crippen LogP contribution in [-0.2, 0) is 14.3 Å². The fraction of sp³-hybridized carbons (Fsp3) is 0.474. The maximum absolute atomic E-state index is 13.5. The van der Waals surface area contributed by atoms with Gasteiger partial charge in [-0.15, -0.1) is 0 Å². The molecule has 1 aromatic carbocycles. The summed E-state index contributed by atoms with van der Waals surface area (Å²) >= 11 is 5.61. The Morgan fingerprint density at radius 1 is 1.40 bits per heavy atom. The normalized spacial score (nSPS) is 17.4. The van der Waals surface area contributed by atoms with E-state index in [0.717, 1.165) is 11.0 Å². The molecule has 1 saturated heterocycles. The monoisotopic (exact) mass is 458 g/mol. The van der Waals surface area contributed by atoms with Gasteiger partial charge in [0.25, 0.3) is 0 Å². The maximum Gasteiger partial charge on any atom is 0.446 e. The predicted octanol–water partition coefficient (Wildman–Crippen LogP) is 2.72. The Hall–Kier alpha value is -2.46. The minimum atomic E-state index is -1.70. The first-order valence-corrected chi connectivity index (χ1v) is 11.4. The van der Waals surface area contributed by atoms with Crippen LogP contribution in [0, 0.1) is 5.82 Å². The maximum atomic E-state index is 13.5. The van der Waals surface area contributed by atoms with E-state index in [9.17, 15) is 23.9 Å². The smallest absolute Gasteiger partial charge is 0.446 e. The van der Waals surface area contributed by atoms with E-state index in [0.29, 0.717) is 6.04 Å². The fourth-order valence-electron chi connectivity index (χ4n) is 2.80. The molecule has 1 heterocycles. The number of hydrogen-bond donors (Lipinski definition) is 1. The summed E-state index contributed by atoms with van der Waals surface area (Å²) in [6, 6.07) is 3.23. The van der Waals surface area contributed by atoms with E-state index >= 15 is 0 Å². The molecule has 1 radical (unpaired) electrons. The summed E-state index contributed by atoms with van der Waals surface area (Å²) in [5, 5.41) is 9.39. The summed E-state index contributed by atoms with van der Waals surface area (Å²) < 4.78 is 25.4. The molecule has 163 valence electrons. The van der Waals surface area contributed by atoms with E-state index in [-0.39, 0.29) is 30.0 Å². The summed E-state index contributed by atoms with van der Waals surface area (Å²) in [4.78, 5) is 37.7. The van der Waals surface area contributed by atoms with Gasteiger partial charge in [-0.1, -0.05) is 11.6 Å². The minimum absolute atomic E-state index is 0.0569. The number of carbonyl (C=O) groups excluding carboxylic acids is 2. The summed E-state index contributed by atoms with van der Waals surface area (Å²) in [6.45, 7) is 8.45. The van der Waals surface area contributed by atoms with Crippen LogP contribution in [0.25, 0.3) is 0 Å². The van der Waals surface area contributed by atoms with Crippen LogP contribution in [0.15, 0.2) is 18.2 Å². The Morgan fingerprint density at radius 2 is 2.07 bits per heavy atom. The first kappa shape index (κ1) is 23.8. The number of carboxylic acid groups (broad SMARTS) is 1. The molecule has 2 amide bonds. The van der Waals surface area contributed by atoms with Crippen LogP contribution in [0.5, 0.6) is 5.75 Å². The van der Waals surface area contributed by atoms with Crippen molar-refractivity contribution in [1.82, 2.24) is 4.90 Å². The van der Waals surface area contributed by atoms with Gasteiger partial charge < -0.3 is 14.6 Å². The number of carbonyl (C=O) groups is 3. The zero-order chi connectivity index (χ0) is 22.6. The molecule has 0 aliphatic carbocycles. The number of halogens is 2. The van der Waals surface area contributed by atoms with Crippen LogP contribution < -0.4 is 4.74 Å². The van der Waals surface area contributed by atoms with Crippen LogP contribution >= 0.6 is 11.6 Å². The van der Waals surface area contributed by atoms with Crippen molar-refractivity contribution in [1.29, 1.82) is 0 Å². The van der Waals surface area contributed by atoms with Crippen molar-refractivity contribution < 1.29 is 37.6 Å². The molecule has 8 nitrogen and oxygen atoms in total. The van der Waals surface area contributed by atoms with Crippen molar-refractivity contribution in [3.05, 3.63) is 29.0 Å². The lowest BCUT2D eigenvalue weighted by atomic mass is 10.2. The topological polar surface area (TPSA) is 96.1 Å². The molecule has 0 aromatic heterocycles. The Bertz CT molecular complexity index is 860. The number of aliphatic carboxylic acids is 1. The standard InChI is InChI=1S/C19H24ClFN2O6Si/c1-19(2,3)29-18(27)23-11-30(8-7-15(23)17(25)26)22(4)16(24)10-28-12-5-6-13(20)14(21)9-12/h5-6,9,15H,4,7-8,10-11H2,1-3H3,(H,25,26)/q+1/t15-/m1/s1. The molecule has 1 aliphatic rings. The third-order valence-corrected chi connectivity index (χ3v) is 7.18. The molecular weight excluding hydrogens is 435 g/mol. The quantitative estimate of drug-likeness (QED) is 0.538. The average Bonchev–Trinajstić information content (AvgIpc) is 2.66. The summed E-state index contributed by atoms with van der Waals surface area (Å²) in [5.74, 6) is -2.12. The van der Waals surface area contributed by atoms with Crippen LogP contribution in [0.3, 0.4) is 0 Å². The minimum Gasteiger partial charge on any atom is -0.480 e. The molecule has 1 aliphatic heterocycles. The highest BCUT2D eigenvalue weighted by molar-refractivity contribution is 6.53. The number of ether oxygens (including phenoxy) is 2. The van der Waals surface area contributed by atoms with Crippen molar-refractivity contribution in [2.75, 3.05) is 12.8 Å². The van der Waals surface area contributed by atoms with E-state index in [1.54, 1.807) is 20.8 Å². The van der Waals surface area contributed by atoms with Gasteiger partial charge >= 0.3 is 26.9 Å². The lowest BCUT2D eigenvalue weighted by Gasteiger charge is -2.34. The van der Waals surface area contributed by atoms with Gasteiger partial charge in [0, 0.05) is 12.1 Å². The SMILES string of the molecule is C=[N+](C(=O)COc1ccc(Cl)c(F)c1)[Si]1CC[C@H](C(=O)O)N(C(=O)OC(C)(C)C)C1. The highest BCUT2D eigenvalue weighted by Gasteiger charge is 2.46. The molecule has 30 heavy (non-hydrogen) atoms. The number of hydrogen-bond acceptors (Lipinski definition) is 5. The van der Waals surface area contributed by atoms with Gasteiger partial charge in [-0.25, -0.2) is 23.0 Å². The second kappa shape index (κ2) is 9.56. The number of nitrogens with zero attached hydrogens (tertiary/aromatic N) is 2. The van der Waals surface area contributed by atoms with Crippen molar-refractivity contribution in [3.63, 3.8) is 0 Å². The van der Waals surface area contributed by atoms with Gasteiger partial charge in [0.05, 0.1) is 11.2 Å². The molecular formula is C19H24ClFN2O6Si+. The van der Waals surface area contributed by atoms with Gasteiger partial charge in [0.15, 0.2) is 0 Å². The highest BCUT2D eigenvalue weighted by Crippen LogP contribution is 2.23. The van der Waals surface area contributed by atoms with Gasteiger partial charge in [0.1, 0.15) is 29.9 Å². The van der Waals surface area contributed by atoms with E-state index in [4.69, 9.17) is 21.1 Å². The first-order valence-electron chi connectivity index (χ1n) is 9.17. The third kappa shape index (κ3) is 6.27. The van der Waals surface area contributed by atoms with Crippen molar-refractivity contribution in [3.8, 4) is 5.75 Å². The Kier molecular flexibility index (Phi) is 7.59. The summed E-state index contributed by atoms with van der Waals surface area (Å²) in [7, 11) is -1.70. The molecule has 1 aromatic rings. The number of amides is 2. The fourth-order valence-corrected chi connectivity index (χ4v) is 5.28. The zero-order valence-electron chi connectivity index (χ0n) is 17.0. The predicted molar refractivity (Wildman–Crippen MR) is 109 cm³/mol. The number of benzene rings is 1. The largest absolute Gasteiger partial charge is 0.480 e. The second-order valence-electron chi connectivity index (χ2n) is 7.75. The Morgan fingerprint density at radius 3 is 2.63 bits per heavy atom. The first-order chi connectivity index (χ1) is 13.9. The lowest BCUT2D eigenvalue weighted by molar-refractivity contribution is -0.322.